The fourth-order valence-electron chi connectivity index (χ4n) is 3.16. The van der Waals surface area contributed by atoms with Gasteiger partial charge in [0, 0.05) is 21.7 Å². The Labute approximate surface area is 178 Å². The molecule has 0 radical (unpaired) electrons. The zero-order chi connectivity index (χ0) is 19.7. The van der Waals surface area contributed by atoms with E-state index in [2.05, 4.69) is 10.3 Å². The number of hydrogen-bond acceptors (Lipinski definition) is 6. The number of benzene rings is 1. The SMILES string of the molecule is O=C(c1c(Nc2ccc(I)cc2F)sc2ncccc12)N1CCOC[C@@H]1CO. The molecular weight excluding hydrogens is 496 g/mol. The van der Waals surface area contributed by atoms with Gasteiger partial charge < -0.3 is 20.1 Å². The summed E-state index contributed by atoms with van der Waals surface area (Å²) in [6, 6.07) is 8.06. The van der Waals surface area contributed by atoms with Gasteiger partial charge in [0.25, 0.3) is 5.91 Å². The number of amides is 1. The molecule has 146 valence electrons. The van der Waals surface area contributed by atoms with Crippen LogP contribution in [0.2, 0.25) is 0 Å². The summed E-state index contributed by atoms with van der Waals surface area (Å²) in [4.78, 5) is 20.1. The van der Waals surface area contributed by atoms with Gasteiger partial charge in [0.2, 0.25) is 0 Å². The molecule has 1 amide bonds. The van der Waals surface area contributed by atoms with Crippen LogP contribution < -0.4 is 5.32 Å². The van der Waals surface area contributed by atoms with Crippen molar-refractivity contribution in [3.8, 4) is 0 Å². The first kappa shape index (κ1) is 19.5. The predicted octanol–water partition coefficient (Wildman–Crippen LogP) is 3.62. The molecule has 6 nitrogen and oxygen atoms in total. The number of halogens is 2. The largest absolute Gasteiger partial charge is 0.394 e. The van der Waals surface area contributed by atoms with Gasteiger partial charge in [-0.15, -0.1) is 0 Å². The van der Waals surface area contributed by atoms with Crippen LogP contribution in [0.5, 0.6) is 0 Å². The molecule has 28 heavy (non-hydrogen) atoms. The third-order valence-electron chi connectivity index (χ3n) is 4.56. The van der Waals surface area contributed by atoms with Crippen molar-refractivity contribution < 1.29 is 19.0 Å². The van der Waals surface area contributed by atoms with Gasteiger partial charge in [0.05, 0.1) is 37.1 Å². The Morgan fingerprint density at radius 1 is 1.46 bits per heavy atom. The zero-order valence-electron chi connectivity index (χ0n) is 14.7. The third-order valence-corrected chi connectivity index (χ3v) is 6.26. The Morgan fingerprint density at radius 2 is 2.32 bits per heavy atom. The zero-order valence-corrected chi connectivity index (χ0v) is 17.7. The van der Waals surface area contributed by atoms with Crippen molar-refractivity contribution in [3.05, 3.63) is 51.5 Å². The van der Waals surface area contributed by atoms with Crippen LogP contribution in [0, 0.1) is 9.39 Å². The Morgan fingerprint density at radius 3 is 3.11 bits per heavy atom. The van der Waals surface area contributed by atoms with Crippen LogP contribution >= 0.6 is 33.9 Å². The van der Waals surface area contributed by atoms with E-state index >= 15 is 0 Å². The lowest BCUT2D eigenvalue weighted by Crippen LogP contribution is -2.50. The number of rotatable bonds is 4. The van der Waals surface area contributed by atoms with E-state index in [0.29, 0.717) is 39.6 Å². The first-order valence-corrected chi connectivity index (χ1v) is 10.6. The number of hydrogen-bond donors (Lipinski definition) is 2. The van der Waals surface area contributed by atoms with Crippen LogP contribution in [0.25, 0.3) is 10.2 Å². The first-order chi connectivity index (χ1) is 13.6. The molecule has 2 aromatic heterocycles. The number of morpholine rings is 1. The summed E-state index contributed by atoms with van der Waals surface area (Å²) in [7, 11) is 0. The monoisotopic (exact) mass is 513 g/mol. The summed E-state index contributed by atoms with van der Waals surface area (Å²) in [5.41, 5.74) is 0.730. The molecule has 0 bridgehead atoms. The van der Waals surface area contributed by atoms with Crippen LogP contribution in [0.15, 0.2) is 36.5 Å². The average Bonchev–Trinajstić information content (AvgIpc) is 3.07. The summed E-state index contributed by atoms with van der Waals surface area (Å²) >= 11 is 3.35. The fraction of sp³-hybridized carbons (Fsp3) is 0.263. The lowest BCUT2D eigenvalue weighted by molar-refractivity contribution is -0.0182. The van der Waals surface area contributed by atoms with Crippen molar-refractivity contribution in [2.24, 2.45) is 0 Å². The number of nitrogens with one attached hydrogen (secondary N) is 1. The first-order valence-electron chi connectivity index (χ1n) is 8.67. The molecule has 0 spiro atoms. The van der Waals surface area contributed by atoms with Gasteiger partial charge >= 0.3 is 0 Å². The molecule has 1 atom stereocenters. The molecule has 3 aromatic rings. The van der Waals surface area contributed by atoms with Crippen molar-refractivity contribution in [3.63, 3.8) is 0 Å². The molecule has 0 aliphatic carbocycles. The second kappa shape index (κ2) is 8.27. The highest BCUT2D eigenvalue weighted by Gasteiger charge is 2.31. The minimum atomic E-state index is -0.407. The standard InChI is InChI=1S/C19H17FIN3O3S/c20-14-8-11(21)3-4-15(14)23-18-16(13-2-1-5-22-17(13)28-18)19(26)24-6-7-27-10-12(24)9-25/h1-5,8,12,23,25H,6-7,9-10H2/t12-/m0/s1. The molecule has 0 saturated carbocycles. The highest BCUT2D eigenvalue weighted by Crippen LogP contribution is 2.38. The number of thiophene rings is 1. The molecule has 1 fully saturated rings. The van der Waals surface area contributed by atoms with Gasteiger partial charge in [-0.25, -0.2) is 9.37 Å². The number of nitrogens with zero attached hydrogens (tertiary/aromatic N) is 2. The van der Waals surface area contributed by atoms with E-state index in [1.165, 1.54) is 17.4 Å². The number of aliphatic hydroxyl groups excluding tert-OH is 1. The van der Waals surface area contributed by atoms with Gasteiger partial charge in [-0.2, -0.15) is 0 Å². The van der Waals surface area contributed by atoms with Gasteiger partial charge in [-0.1, -0.05) is 11.3 Å². The lowest BCUT2D eigenvalue weighted by atomic mass is 10.1. The van der Waals surface area contributed by atoms with Gasteiger partial charge in [-0.3, -0.25) is 4.79 Å². The number of carbonyl (C=O) groups is 1. The summed E-state index contributed by atoms with van der Waals surface area (Å²) in [5, 5.41) is 13.9. The molecule has 1 aliphatic rings. The molecule has 1 saturated heterocycles. The number of aliphatic hydroxyl groups is 1. The Kier molecular flexibility index (Phi) is 5.76. The summed E-state index contributed by atoms with van der Waals surface area (Å²) < 4.78 is 20.5. The van der Waals surface area contributed by atoms with Crippen molar-refractivity contribution in [2.75, 3.05) is 31.7 Å². The molecular formula is C19H17FIN3O3S. The topological polar surface area (TPSA) is 74.7 Å². The minimum absolute atomic E-state index is 0.180. The molecule has 0 unspecified atom stereocenters. The number of aromatic nitrogens is 1. The maximum Gasteiger partial charge on any atom is 0.258 e. The number of fused-ring (bicyclic) bond motifs is 1. The van der Waals surface area contributed by atoms with Gasteiger partial charge in [-0.05, 0) is 52.9 Å². The van der Waals surface area contributed by atoms with Crippen molar-refractivity contribution >= 4 is 60.7 Å². The summed E-state index contributed by atoms with van der Waals surface area (Å²) in [6.07, 6.45) is 1.66. The smallest absolute Gasteiger partial charge is 0.258 e. The van der Waals surface area contributed by atoms with Crippen LogP contribution in [0.3, 0.4) is 0 Å². The Bertz CT molecular complexity index is 1030. The Balaban J connectivity index is 1.78. The van der Waals surface area contributed by atoms with E-state index in [1.807, 2.05) is 28.7 Å². The van der Waals surface area contributed by atoms with Crippen LogP contribution in [-0.2, 0) is 4.74 Å². The van der Waals surface area contributed by atoms with Crippen LogP contribution in [0.4, 0.5) is 15.1 Å². The van der Waals surface area contributed by atoms with E-state index in [4.69, 9.17) is 4.74 Å². The number of pyridine rings is 1. The normalized spacial score (nSPS) is 17.1. The molecule has 1 aromatic carbocycles. The van der Waals surface area contributed by atoms with E-state index in [9.17, 15) is 14.3 Å². The average molecular weight is 513 g/mol. The highest BCUT2D eigenvalue weighted by atomic mass is 127. The maximum atomic E-state index is 14.4. The fourth-order valence-corrected chi connectivity index (χ4v) is 4.66. The third kappa shape index (κ3) is 3.71. The summed E-state index contributed by atoms with van der Waals surface area (Å²) in [5.74, 6) is -0.620. The van der Waals surface area contributed by atoms with Gasteiger partial charge in [0.15, 0.2) is 0 Å². The van der Waals surface area contributed by atoms with Crippen LogP contribution in [-0.4, -0.2) is 53.3 Å². The van der Waals surface area contributed by atoms with E-state index in [1.54, 1.807) is 29.3 Å². The van der Waals surface area contributed by atoms with Crippen molar-refractivity contribution in [1.82, 2.24) is 9.88 Å². The molecule has 4 rings (SSSR count). The second-order valence-corrected chi connectivity index (χ2v) is 8.57. The molecule has 2 N–H and O–H groups in total. The lowest BCUT2D eigenvalue weighted by Gasteiger charge is -2.34. The summed E-state index contributed by atoms with van der Waals surface area (Å²) in [6.45, 7) is 0.910. The van der Waals surface area contributed by atoms with Crippen LogP contribution in [0.1, 0.15) is 10.4 Å². The number of ether oxygens (including phenoxy) is 1. The van der Waals surface area contributed by atoms with Crippen molar-refractivity contribution in [1.29, 1.82) is 0 Å². The number of carbonyl (C=O) groups excluding carboxylic acids is 1. The molecule has 9 heteroatoms. The van der Waals surface area contributed by atoms with E-state index in [-0.39, 0.29) is 19.1 Å². The van der Waals surface area contributed by atoms with Crippen molar-refractivity contribution in [2.45, 2.75) is 6.04 Å². The van der Waals surface area contributed by atoms with E-state index < -0.39 is 11.9 Å². The molecule has 3 heterocycles. The predicted molar refractivity (Wildman–Crippen MR) is 115 cm³/mol. The van der Waals surface area contributed by atoms with E-state index in [0.717, 1.165) is 3.57 Å². The minimum Gasteiger partial charge on any atom is -0.394 e. The highest BCUT2D eigenvalue weighted by molar-refractivity contribution is 14.1. The maximum absolute atomic E-state index is 14.4. The van der Waals surface area contributed by atoms with Gasteiger partial charge in [0.1, 0.15) is 15.6 Å². The quantitative estimate of drug-likeness (QED) is 0.522. The Hall–Kier alpha value is -1.82. The second-order valence-electron chi connectivity index (χ2n) is 6.32. The number of anilines is 2. The molecule has 1 aliphatic heterocycles.